The fraction of sp³-hybridized carbons (Fsp3) is 0.750. The second kappa shape index (κ2) is 9.33. The first-order valence-electron chi connectivity index (χ1n) is 7.70. The largest absolute Gasteiger partial charge is 0.480 e. The van der Waals surface area contributed by atoms with Gasteiger partial charge in [0.15, 0.2) is 5.88 Å². The zero-order valence-electron chi connectivity index (χ0n) is 14.4. The van der Waals surface area contributed by atoms with Gasteiger partial charge in [0.2, 0.25) is 5.91 Å². The van der Waals surface area contributed by atoms with Gasteiger partial charge in [-0.15, -0.1) is 0 Å². The summed E-state index contributed by atoms with van der Waals surface area (Å²) >= 11 is 0. The van der Waals surface area contributed by atoms with E-state index in [1.165, 1.54) is 0 Å². The molecule has 0 aromatic rings. The number of carbonyl (C=O) groups is 2. The van der Waals surface area contributed by atoms with E-state index in [9.17, 15) is 9.59 Å². The van der Waals surface area contributed by atoms with Gasteiger partial charge >= 0.3 is 5.97 Å². The van der Waals surface area contributed by atoms with Crippen LogP contribution in [0.3, 0.4) is 0 Å². The first kappa shape index (κ1) is 20.3. The quantitative estimate of drug-likeness (QED) is 0.425. The molecule has 0 aliphatic heterocycles. The highest BCUT2D eigenvalue weighted by molar-refractivity contribution is 5.83. The standard InChI is InChI=1S/C16H30N2O4/c1-7-11(2)14(15(20)21)18-13(19)9-8-10-17-12(3)22-16(4,5)6/h11,14,17H,3,7-10H2,1-2,4-6H3,(H,18,19)(H,20,21)/t11?,14-/m0/s1. The van der Waals surface area contributed by atoms with E-state index in [4.69, 9.17) is 9.84 Å². The lowest BCUT2D eigenvalue weighted by Crippen LogP contribution is -2.45. The molecule has 6 heteroatoms. The van der Waals surface area contributed by atoms with Gasteiger partial charge in [0, 0.05) is 13.0 Å². The minimum atomic E-state index is -0.993. The second-order valence-electron chi connectivity index (χ2n) is 6.44. The smallest absolute Gasteiger partial charge is 0.326 e. The van der Waals surface area contributed by atoms with Crippen LogP contribution in [0.2, 0.25) is 0 Å². The molecule has 0 aromatic heterocycles. The Morgan fingerprint density at radius 1 is 1.32 bits per heavy atom. The van der Waals surface area contributed by atoms with Crippen molar-refractivity contribution in [3.05, 3.63) is 12.5 Å². The molecule has 0 bridgehead atoms. The van der Waals surface area contributed by atoms with Crippen LogP contribution in [0.4, 0.5) is 0 Å². The second-order valence-corrected chi connectivity index (χ2v) is 6.44. The lowest BCUT2D eigenvalue weighted by Gasteiger charge is -2.23. The summed E-state index contributed by atoms with van der Waals surface area (Å²) in [7, 11) is 0. The molecule has 3 N–H and O–H groups in total. The lowest BCUT2D eigenvalue weighted by molar-refractivity contribution is -0.143. The van der Waals surface area contributed by atoms with Gasteiger partial charge in [0.05, 0.1) is 0 Å². The summed E-state index contributed by atoms with van der Waals surface area (Å²) < 4.78 is 5.50. The molecule has 0 spiro atoms. The van der Waals surface area contributed by atoms with Crippen molar-refractivity contribution in [3.8, 4) is 0 Å². The fourth-order valence-corrected chi connectivity index (χ4v) is 1.81. The Hall–Kier alpha value is -1.72. The van der Waals surface area contributed by atoms with Crippen molar-refractivity contribution < 1.29 is 19.4 Å². The average molecular weight is 314 g/mol. The number of hydrogen-bond donors (Lipinski definition) is 3. The molecule has 22 heavy (non-hydrogen) atoms. The zero-order chi connectivity index (χ0) is 17.3. The summed E-state index contributed by atoms with van der Waals surface area (Å²) in [6.45, 7) is 13.8. The van der Waals surface area contributed by atoms with E-state index in [1.54, 1.807) is 0 Å². The highest BCUT2D eigenvalue weighted by Crippen LogP contribution is 2.10. The Labute approximate surface area is 133 Å². The predicted molar refractivity (Wildman–Crippen MR) is 86.2 cm³/mol. The Balaban J connectivity index is 4.04. The Morgan fingerprint density at radius 3 is 2.36 bits per heavy atom. The number of ether oxygens (including phenoxy) is 1. The molecule has 0 rings (SSSR count). The molecule has 1 unspecified atom stereocenters. The Morgan fingerprint density at radius 2 is 1.91 bits per heavy atom. The van der Waals surface area contributed by atoms with Crippen molar-refractivity contribution >= 4 is 11.9 Å². The van der Waals surface area contributed by atoms with Gasteiger partial charge in [-0.3, -0.25) is 4.79 Å². The number of amides is 1. The van der Waals surface area contributed by atoms with Crippen molar-refractivity contribution in [2.75, 3.05) is 6.54 Å². The lowest BCUT2D eigenvalue weighted by atomic mass is 9.99. The number of carboxylic acid groups (broad SMARTS) is 1. The molecule has 1 amide bonds. The Bertz CT molecular complexity index is 388. The maximum absolute atomic E-state index is 11.8. The SMILES string of the molecule is C=C(NCCCC(=O)N[C@H](C(=O)O)C(C)CC)OC(C)(C)C. The molecular formula is C16H30N2O4. The number of carbonyl (C=O) groups excluding carboxylic acids is 1. The third kappa shape index (κ3) is 9.26. The van der Waals surface area contributed by atoms with Crippen LogP contribution >= 0.6 is 0 Å². The molecule has 0 aliphatic carbocycles. The van der Waals surface area contributed by atoms with E-state index in [0.717, 1.165) is 0 Å². The van der Waals surface area contributed by atoms with E-state index >= 15 is 0 Å². The third-order valence-corrected chi connectivity index (χ3v) is 3.13. The van der Waals surface area contributed by atoms with E-state index < -0.39 is 12.0 Å². The van der Waals surface area contributed by atoms with Crippen molar-refractivity contribution in [1.82, 2.24) is 10.6 Å². The topological polar surface area (TPSA) is 87.7 Å². The molecule has 128 valence electrons. The van der Waals surface area contributed by atoms with E-state index in [0.29, 0.717) is 25.3 Å². The van der Waals surface area contributed by atoms with Gasteiger partial charge in [0.25, 0.3) is 0 Å². The van der Waals surface area contributed by atoms with Crippen molar-refractivity contribution in [2.45, 2.75) is 65.5 Å². The predicted octanol–water partition coefficient (Wildman–Crippen LogP) is 2.26. The number of nitrogens with one attached hydrogen (secondary N) is 2. The summed E-state index contributed by atoms with van der Waals surface area (Å²) in [5, 5.41) is 14.7. The number of hydrogen-bond acceptors (Lipinski definition) is 4. The minimum absolute atomic E-state index is 0.0976. The van der Waals surface area contributed by atoms with Crippen LogP contribution in [-0.2, 0) is 14.3 Å². The van der Waals surface area contributed by atoms with E-state index in [-0.39, 0.29) is 23.8 Å². The van der Waals surface area contributed by atoms with Crippen LogP contribution in [0.5, 0.6) is 0 Å². The molecule has 6 nitrogen and oxygen atoms in total. The molecule has 0 saturated heterocycles. The highest BCUT2D eigenvalue weighted by Gasteiger charge is 2.24. The number of aliphatic carboxylic acids is 1. The molecule has 0 aliphatic rings. The van der Waals surface area contributed by atoms with Crippen LogP contribution in [0.15, 0.2) is 12.5 Å². The molecule has 0 fully saturated rings. The van der Waals surface area contributed by atoms with E-state index in [2.05, 4.69) is 17.2 Å². The first-order valence-corrected chi connectivity index (χ1v) is 7.70. The molecule has 0 radical (unpaired) electrons. The van der Waals surface area contributed by atoms with Gasteiger partial charge in [-0.25, -0.2) is 4.79 Å². The van der Waals surface area contributed by atoms with Crippen LogP contribution in [0.25, 0.3) is 0 Å². The van der Waals surface area contributed by atoms with Crippen LogP contribution < -0.4 is 10.6 Å². The first-order chi connectivity index (χ1) is 10.1. The van der Waals surface area contributed by atoms with Gasteiger partial charge in [-0.05, 0) is 39.7 Å². The summed E-state index contributed by atoms with van der Waals surface area (Å²) in [6, 6.07) is -0.829. The molecular weight excluding hydrogens is 284 g/mol. The molecule has 2 atom stereocenters. The average Bonchev–Trinajstić information content (AvgIpc) is 2.37. The summed E-state index contributed by atoms with van der Waals surface area (Å²) in [6.07, 6.45) is 1.53. The van der Waals surface area contributed by atoms with Crippen LogP contribution in [-0.4, -0.2) is 35.2 Å². The fourth-order valence-electron chi connectivity index (χ4n) is 1.81. The van der Waals surface area contributed by atoms with Crippen LogP contribution in [0, 0.1) is 5.92 Å². The molecule has 0 aromatic carbocycles. The van der Waals surface area contributed by atoms with Gasteiger partial charge in [-0.2, -0.15) is 0 Å². The maximum atomic E-state index is 11.8. The third-order valence-electron chi connectivity index (χ3n) is 3.13. The number of rotatable bonds is 10. The van der Waals surface area contributed by atoms with Crippen molar-refractivity contribution in [2.24, 2.45) is 5.92 Å². The van der Waals surface area contributed by atoms with E-state index in [1.807, 2.05) is 34.6 Å². The summed E-state index contributed by atoms with van der Waals surface area (Å²) in [5.41, 5.74) is -0.313. The summed E-state index contributed by atoms with van der Waals surface area (Å²) in [4.78, 5) is 22.9. The van der Waals surface area contributed by atoms with Gasteiger partial charge in [0.1, 0.15) is 11.6 Å². The summed E-state index contributed by atoms with van der Waals surface area (Å²) in [5.74, 6) is -0.875. The normalized spacial score (nSPS) is 13.9. The highest BCUT2D eigenvalue weighted by atomic mass is 16.5. The van der Waals surface area contributed by atoms with Crippen molar-refractivity contribution in [3.63, 3.8) is 0 Å². The monoisotopic (exact) mass is 314 g/mol. The number of carboxylic acids is 1. The zero-order valence-corrected chi connectivity index (χ0v) is 14.4. The van der Waals surface area contributed by atoms with Crippen molar-refractivity contribution in [1.29, 1.82) is 0 Å². The maximum Gasteiger partial charge on any atom is 0.326 e. The molecule has 0 heterocycles. The van der Waals surface area contributed by atoms with Gasteiger partial charge in [-0.1, -0.05) is 20.3 Å². The minimum Gasteiger partial charge on any atom is -0.480 e. The van der Waals surface area contributed by atoms with Crippen LogP contribution in [0.1, 0.15) is 53.9 Å². The van der Waals surface area contributed by atoms with Gasteiger partial charge < -0.3 is 20.5 Å². The Kier molecular flexibility index (Phi) is 8.60. The molecule has 0 saturated carbocycles.